The van der Waals surface area contributed by atoms with E-state index in [-0.39, 0.29) is 33.5 Å². The lowest BCUT2D eigenvalue weighted by atomic mass is 9.56. The van der Waals surface area contributed by atoms with Gasteiger partial charge in [0.2, 0.25) is 17.6 Å². The average molecular weight is 890 g/mol. The standard InChI is InChI=1S/C46H31Cl2F5N2O7/c1-61-25-14-18-31(62-2)23(19-25)10-7-21-8-12-24(13-9-21)54-41(57)28-17-16-27-30(32(28)42(54)58)20-45(47)43(59)55(39-37(52)35(50)34(49)36(51)38(39)53)44(60)46(45,48)33(27)29-15-11-22-5-3-4-6-26(22)40(29)56/h3-16,18-19,28,30,32-33,56H,17,20H2,1-2H3. The number of allylic oxidation sites excluding steroid dienone is 2. The summed E-state index contributed by atoms with van der Waals surface area (Å²) in [6.45, 7) is 0. The fourth-order valence-electron chi connectivity index (χ4n) is 9.56. The lowest BCUT2D eigenvalue weighted by Crippen LogP contribution is -2.60. The summed E-state index contributed by atoms with van der Waals surface area (Å²) < 4.78 is 85.2. The van der Waals surface area contributed by atoms with Crippen LogP contribution < -0.4 is 19.3 Å². The maximum absolute atomic E-state index is 15.5. The molecule has 316 valence electrons. The van der Waals surface area contributed by atoms with E-state index in [4.69, 9.17) is 32.7 Å². The predicted octanol–water partition coefficient (Wildman–Crippen LogP) is 9.20. The second-order valence-corrected chi connectivity index (χ2v) is 16.7. The molecule has 16 heteroatoms. The van der Waals surface area contributed by atoms with Crippen LogP contribution in [-0.2, 0) is 19.2 Å². The van der Waals surface area contributed by atoms with Crippen LogP contribution in [0.1, 0.15) is 35.4 Å². The van der Waals surface area contributed by atoms with Crippen LogP contribution >= 0.6 is 23.2 Å². The molecule has 5 aromatic carbocycles. The van der Waals surface area contributed by atoms with Gasteiger partial charge in [0.1, 0.15) is 22.9 Å². The zero-order chi connectivity index (χ0) is 44.2. The number of hydrogen-bond acceptors (Lipinski definition) is 7. The molecule has 6 atom stereocenters. The molecule has 9 nitrogen and oxygen atoms in total. The van der Waals surface area contributed by atoms with Crippen molar-refractivity contribution in [2.24, 2.45) is 17.8 Å². The van der Waals surface area contributed by atoms with Gasteiger partial charge in [-0.3, -0.25) is 24.1 Å². The van der Waals surface area contributed by atoms with Crippen molar-refractivity contribution < 1.29 is 55.7 Å². The number of phenols is 1. The van der Waals surface area contributed by atoms with E-state index in [0.717, 1.165) is 10.5 Å². The molecular formula is C46H31Cl2F5N2O7. The minimum Gasteiger partial charge on any atom is -0.507 e. The number of rotatable bonds is 7. The SMILES string of the molecule is COc1ccc(OC)c(C=Cc2ccc(N3C(=O)C4CC=C5C(CC6(Cl)C(=O)N(c7c(F)c(F)c(F)c(F)c7F)C(=O)C6(Cl)C5c5ccc6ccccc6c5O)C4C3=O)cc2)c1. The van der Waals surface area contributed by atoms with E-state index in [1.54, 1.807) is 98.1 Å². The van der Waals surface area contributed by atoms with Crippen molar-refractivity contribution in [3.63, 3.8) is 0 Å². The summed E-state index contributed by atoms with van der Waals surface area (Å²) in [7, 11) is 3.08. The molecule has 1 saturated carbocycles. The first-order chi connectivity index (χ1) is 29.6. The zero-order valence-electron chi connectivity index (χ0n) is 32.4. The van der Waals surface area contributed by atoms with Crippen LogP contribution in [0.3, 0.4) is 0 Å². The molecule has 4 amide bonds. The van der Waals surface area contributed by atoms with Gasteiger partial charge in [-0.25, -0.2) is 26.9 Å². The first-order valence-corrected chi connectivity index (χ1v) is 19.9. The number of halogens is 7. The molecule has 5 aromatic rings. The Bertz CT molecular complexity index is 2840. The van der Waals surface area contributed by atoms with Gasteiger partial charge >= 0.3 is 0 Å². The number of alkyl halides is 2. The minimum atomic E-state index is -2.79. The Labute approximate surface area is 359 Å². The van der Waals surface area contributed by atoms with Crippen molar-refractivity contribution in [1.29, 1.82) is 0 Å². The van der Waals surface area contributed by atoms with Gasteiger partial charge in [0.25, 0.3) is 11.8 Å². The van der Waals surface area contributed by atoms with Crippen LogP contribution in [0, 0.1) is 46.8 Å². The molecular weight excluding hydrogens is 858 g/mol. The molecule has 0 spiro atoms. The molecule has 3 fully saturated rings. The van der Waals surface area contributed by atoms with Crippen LogP contribution in [0.5, 0.6) is 17.2 Å². The fourth-order valence-corrected chi connectivity index (χ4v) is 10.5. The smallest absolute Gasteiger partial charge is 0.258 e. The van der Waals surface area contributed by atoms with Gasteiger partial charge in [-0.1, -0.05) is 72.3 Å². The Morgan fingerprint density at radius 3 is 2.10 bits per heavy atom. The van der Waals surface area contributed by atoms with Gasteiger partial charge in [0, 0.05) is 22.4 Å². The quantitative estimate of drug-likeness (QED) is 0.0330. The fraction of sp³-hybridized carbons (Fsp3) is 0.217. The second kappa shape index (κ2) is 14.7. The Hall–Kier alpha value is -6.25. The Kier molecular flexibility index (Phi) is 9.75. The van der Waals surface area contributed by atoms with Gasteiger partial charge < -0.3 is 14.6 Å². The number of imide groups is 2. The highest BCUT2D eigenvalue weighted by atomic mass is 35.5. The van der Waals surface area contributed by atoms with Gasteiger partial charge in [-0.2, -0.15) is 0 Å². The molecule has 0 aromatic heterocycles. The van der Waals surface area contributed by atoms with Crippen molar-refractivity contribution in [2.45, 2.75) is 28.5 Å². The van der Waals surface area contributed by atoms with Crippen molar-refractivity contribution in [3.8, 4) is 17.2 Å². The summed E-state index contributed by atoms with van der Waals surface area (Å²) in [5.41, 5.74) is -0.103. The number of carbonyl (C=O) groups excluding carboxylic acids is 4. The highest BCUT2D eigenvalue weighted by Gasteiger charge is 2.77. The van der Waals surface area contributed by atoms with Gasteiger partial charge in [-0.05, 0) is 60.0 Å². The van der Waals surface area contributed by atoms with Crippen LogP contribution in [0.2, 0.25) is 0 Å². The van der Waals surface area contributed by atoms with Gasteiger partial charge in [0.05, 0.1) is 31.7 Å². The van der Waals surface area contributed by atoms with Crippen LogP contribution in [0.15, 0.2) is 90.5 Å². The summed E-state index contributed by atoms with van der Waals surface area (Å²) in [5.74, 6) is -21.1. The monoisotopic (exact) mass is 888 g/mol. The summed E-state index contributed by atoms with van der Waals surface area (Å²) in [6.07, 6.45) is 4.41. The normalized spacial score (nSPS) is 25.7. The number of nitrogens with zero attached hydrogens (tertiary/aromatic N) is 2. The molecule has 2 aliphatic heterocycles. The van der Waals surface area contributed by atoms with Crippen molar-refractivity contribution >= 4 is 81.1 Å². The third kappa shape index (κ3) is 5.65. The van der Waals surface area contributed by atoms with E-state index in [0.29, 0.717) is 22.4 Å². The number of anilines is 2. The molecule has 1 N–H and O–H groups in total. The van der Waals surface area contributed by atoms with Crippen molar-refractivity contribution in [2.75, 3.05) is 24.0 Å². The molecule has 0 bridgehead atoms. The average Bonchev–Trinajstić information content (AvgIpc) is 3.62. The van der Waals surface area contributed by atoms with E-state index in [1.165, 1.54) is 13.2 Å². The lowest BCUT2D eigenvalue weighted by Gasteiger charge is -2.50. The Morgan fingerprint density at radius 1 is 0.742 bits per heavy atom. The number of amides is 4. The third-order valence-corrected chi connectivity index (χ3v) is 13.9. The number of phenolic OH excluding ortho intramolecular Hbond substituents is 1. The predicted molar refractivity (Wildman–Crippen MR) is 219 cm³/mol. The number of carbonyl (C=O) groups is 4. The number of aromatic hydroxyl groups is 1. The molecule has 4 aliphatic rings. The van der Waals surface area contributed by atoms with Crippen LogP contribution in [-0.4, -0.2) is 52.7 Å². The summed E-state index contributed by atoms with van der Waals surface area (Å²) in [6, 6.07) is 21.4. The minimum absolute atomic E-state index is 0.0721. The first-order valence-electron chi connectivity index (χ1n) is 19.2. The lowest BCUT2D eigenvalue weighted by molar-refractivity contribution is -0.125. The second-order valence-electron chi connectivity index (χ2n) is 15.5. The molecule has 2 heterocycles. The summed E-state index contributed by atoms with van der Waals surface area (Å²) in [5, 5.41) is 12.7. The number of hydrogen-bond donors (Lipinski definition) is 1. The Balaban J connectivity index is 1.13. The van der Waals surface area contributed by atoms with E-state index in [2.05, 4.69) is 0 Å². The van der Waals surface area contributed by atoms with E-state index >= 15 is 8.78 Å². The molecule has 6 unspecified atom stereocenters. The van der Waals surface area contributed by atoms with E-state index < -0.39 is 104 Å². The first kappa shape index (κ1) is 41.1. The molecule has 2 aliphatic carbocycles. The molecule has 2 saturated heterocycles. The number of fused-ring (bicyclic) bond motifs is 5. The third-order valence-electron chi connectivity index (χ3n) is 12.5. The van der Waals surface area contributed by atoms with Crippen LogP contribution in [0.25, 0.3) is 22.9 Å². The van der Waals surface area contributed by atoms with E-state index in [1.807, 2.05) is 0 Å². The number of benzene rings is 5. The molecule has 62 heavy (non-hydrogen) atoms. The zero-order valence-corrected chi connectivity index (χ0v) is 33.9. The largest absolute Gasteiger partial charge is 0.507 e. The Morgan fingerprint density at radius 2 is 1.42 bits per heavy atom. The highest BCUT2D eigenvalue weighted by molar-refractivity contribution is 6.58. The van der Waals surface area contributed by atoms with Crippen LogP contribution in [0.4, 0.5) is 33.3 Å². The maximum Gasteiger partial charge on any atom is 0.258 e. The maximum atomic E-state index is 15.5. The highest BCUT2D eigenvalue weighted by Crippen LogP contribution is 2.67. The summed E-state index contributed by atoms with van der Waals surface area (Å²) in [4.78, 5) is 53.4. The van der Waals surface area contributed by atoms with Crippen molar-refractivity contribution in [3.05, 3.63) is 136 Å². The molecule has 0 radical (unpaired) electrons. The van der Waals surface area contributed by atoms with Gasteiger partial charge in [0.15, 0.2) is 33.0 Å². The number of ether oxygens (including phenoxy) is 2. The van der Waals surface area contributed by atoms with E-state index in [9.17, 15) is 37.5 Å². The van der Waals surface area contributed by atoms with Gasteiger partial charge in [-0.15, -0.1) is 23.2 Å². The number of methoxy groups -OCH3 is 2. The molecule has 9 rings (SSSR count). The topological polar surface area (TPSA) is 113 Å². The van der Waals surface area contributed by atoms with Crippen molar-refractivity contribution in [1.82, 2.24) is 0 Å². The summed E-state index contributed by atoms with van der Waals surface area (Å²) >= 11 is 14.5.